The molecule has 0 amide bonds. The molecule has 1 aromatic carbocycles. The fourth-order valence-electron chi connectivity index (χ4n) is 1.48. The quantitative estimate of drug-likeness (QED) is 0.807. The summed E-state index contributed by atoms with van der Waals surface area (Å²) in [6.07, 6.45) is 4.05. The van der Waals surface area contributed by atoms with Gasteiger partial charge in [0.15, 0.2) is 5.76 Å². The number of aliphatic carboxylic acids is 1. The van der Waals surface area contributed by atoms with E-state index in [4.69, 9.17) is 14.6 Å². The highest BCUT2D eigenvalue weighted by Gasteiger charge is 2.18. The summed E-state index contributed by atoms with van der Waals surface area (Å²) in [6, 6.07) is 9.81. The summed E-state index contributed by atoms with van der Waals surface area (Å²) in [5.74, 6) is -0.589. The predicted molar refractivity (Wildman–Crippen MR) is 61.0 cm³/mol. The maximum absolute atomic E-state index is 10.3. The SMILES string of the molecule is O=C(O)/C=C/C1=COC(Cc2ccccc2)O1. The second kappa shape index (κ2) is 5.21. The lowest BCUT2D eigenvalue weighted by atomic mass is 10.1. The average Bonchev–Trinajstić information content (AvgIpc) is 2.75. The zero-order valence-electron chi connectivity index (χ0n) is 9.08. The zero-order valence-corrected chi connectivity index (χ0v) is 9.08. The molecule has 0 fully saturated rings. The topological polar surface area (TPSA) is 55.8 Å². The molecule has 1 heterocycles. The van der Waals surface area contributed by atoms with Crippen molar-refractivity contribution in [2.24, 2.45) is 0 Å². The van der Waals surface area contributed by atoms with E-state index < -0.39 is 5.97 Å². The first kappa shape index (κ1) is 11.3. The van der Waals surface area contributed by atoms with Crippen molar-refractivity contribution < 1.29 is 19.4 Å². The van der Waals surface area contributed by atoms with Gasteiger partial charge in [0, 0.05) is 12.5 Å². The zero-order chi connectivity index (χ0) is 12.1. The number of rotatable bonds is 4. The maximum atomic E-state index is 10.3. The number of benzene rings is 1. The Morgan fingerprint density at radius 3 is 2.82 bits per heavy atom. The first-order chi connectivity index (χ1) is 8.24. The van der Waals surface area contributed by atoms with Crippen LogP contribution in [-0.2, 0) is 20.7 Å². The Kier molecular flexibility index (Phi) is 3.45. The summed E-state index contributed by atoms with van der Waals surface area (Å²) in [6.45, 7) is 0. The smallest absolute Gasteiger partial charge is 0.328 e. The lowest BCUT2D eigenvalue weighted by Crippen LogP contribution is -2.11. The van der Waals surface area contributed by atoms with E-state index in [9.17, 15) is 4.79 Å². The summed E-state index contributed by atoms with van der Waals surface area (Å²) < 4.78 is 10.7. The highest BCUT2D eigenvalue weighted by atomic mass is 16.7. The number of hydrogen-bond donors (Lipinski definition) is 1. The van der Waals surface area contributed by atoms with E-state index in [-0.39, 0.29) is 6.29 Å². The van der Waals surface area contributed by atoms with E-state index >= 15 is 0 Å². The predicted octanol–water partition coefficient (Wildman–Crippen LogP) is 2.08. The van der Waals surface area contributed by atoms with Gasteiger partial charge in [0.2, 0.25) is 6.29 Å². The van der Waals surface area contributed by atoms with Crippen molar-refractivity contribution >= 4 is 5.97 Å². The van der Waals surface area contributed by atoms with Crippen LogP contribution in [0.25, 0.3) is 0 Å². The maximum Gasteiger partial charge on any atom is 0.328 e. The van der Waals surface area contributed by atoms with E-state index in [1.54, 1.807) is 0 Å². The lowest BCUT2D eigenvalue weighted by Gasteiger charge is -2.10. The third-order valence-electron chi connectivity index (χ3n) is 2.24. The molecule has 0 aromatic heterocycles. The van der Waals surface area contributed by atoms with Crippen LogP contribution in [0.3, 0.4) is 0 Å². The Bertz CT molecular complexity index is 448. The molecule has 1 aliphatic heterocycles. The summed E-state index contributed by atoms with van der Waals surface area (Å²) >= 11 is 0. The van der Waals surface area contributed by atoms with Crippen LogP contribution in [0.4, 0.5) is 0 Å². The third-order valence-corrected chi connectivity index (χ3v) is 2.24. The number of ether oxygens (including phenoxy) is 2. The minimum atomic E-state index is -1.01. The highest BCUT2D eigenvalue weighted by Crippen LogP contribution is 2.18. The van der Waals surface area contributed by atoms with Crippen LogP contribution in [0.15, 0.2) is 54.5 Å². The lowest BCUT2D eigenvalue weighted by molar-refractivity contribution is -0.131. The van der Waals surface area contributed by atoms with Crippen LogP contribution in [0.1, 0.15) is 5.56 Å². The van der Waals surface area contributed by atoms with Gasteiger partial charge in [0.1, 0.15) is 6.26 Å². The second-order valence-electron chi connectivity index (χ2n) is 3.57. The Labute approximate surface area is 98.8 Å². The molecule has 0 saturated carbocycles. The molecule has 17 heavy (non-hydrogen) atoms. The number of carbonyl (C=O) groups is 1. The molecule has 88 valence electrons. The van der Waals surface area contributed by atoms with Gasteiger partial charge in [-0.3, -0.25) is 0 Å². The van der Waals surface area contributed by atoms with E-state index in [2.05, 4.69) is 0 Å². The summed E-state index contributed by atoms with van der Waals surface area (Å²) in [5.41, 5.74) is 1.11. The molecule has 0 aliphatic carbocycles. The first-order valence-corrected chi connectivity index (χ1v) is 5.21. The molecule has 1 aromatic rings. The molecule has 2 rings (SSSR count). The minimum Gasteiger partial charge on any atom is -0.478 e. The van der Waals surface area contributed by atoms with Crippen molar-refractivity contribution in [2.45, 2.75) is 12.7 Å². The molecule has 0 bridgehead atoms. The molecule has 0 radical (unpaired) electrons. The fourth-order valence-corrected chi connectivity index (χ4v) is 1.48. The summed E-state index contributed by atoms with van der Waals surface area (Å²) in [4.78, 5) is 10.3. The molecule has 0 spiro atoms. The minimum absolute atomic E-state index is 0.383. The van der Waals surface area contributed by atoms with Gasteiger partial charge in [-0.05, 0) is 11.6 Å². The first-order valence-electron chi connectivity index (χ1n) is 5.21. The van der Waals surface area contributed by atoms with Gasteiger partial charge in [-0.1, -0.05) is 30.3 Å². The van der Waals surface area contributed by atoms with Crippen LogP contribution in [0, 0.1) is 0 Å². The van der Waals surface area contributed by atoms with Gasteiger partial charge >= 0.3 is 5.97 Å². The van der Waals surface area contributed by atoms with Crippen LogP contribution in [0.2, 0.25) is 0 Å². The highest BCUT2D eigenvalue weighted by molar-refractivity contribution is 5.80. The molecule has 1 N–H and O–H groups in total. The van der Waals surface area contributed by atoms with Crippen molar-refractivity contribution in [3.63, 3.8) is 0 Å². The Morgan fingerprint density at radius 2 is 2.12 bits per heavy atom. The monoisotopic (exact) mass is 232 g/mol. The molecular formula is C13H12O4. The van der Waals surface area contributed by atoms with Crippen LogP contribution in [-0.4, -0.2) is 17.4 Å². The van der Waals surface area contributed by atoms with E-state index in [1.165, 1.54) is 12.3 Å². The number of carboxylic acids is 1. The number of allylic oxidation sites excluding steroid dienone is 1. The van der Waals surface area contributed by atoms with Gasteiger partial charge in [-0.25, -0.2) is 4.79 Å². The van der Waals surface area contributed by atoms with Crippen molar-refractivity contribution in [1.29, 1.82) is 0 Å². The summed E-state index contributed by atoms with van der Waals surface area (Å²) in [7, 11) is 0. The van der Waals surface area contributed by atoms with Crippen LogP contribution < -0.4 is 0 Å². The second-order valence-corrected chi connectivity index (χ2v) is 3.57. The largest absolute Gasteiger partial charge is 0.478 e. The van der Waals surface area contributed by atoms with Crippen LogP contribution >= 0.6 is 0 Å². The van der Waals surface area contributed by atoms with E-state index in [0.717, 1.165) is 11.6 Å². The Balaban J connectivity index is 1.87. The summed E-state index contributed by atoms with van der Waals surface area (Å²) in [5, 5.41) is 8.46. The van der Waals surface area contributed by atoms with Gasteiger partial charge in [0.05, 0.1) is 0 Å². The number of hydrogen-bond acceptors (Lipinski definition) is 3. The molecule has 1 unspecified atom stereocenters. The van der Waals surface area contributed by atoms with Crippen molar-refractivity contribution in [1.82, 2.24) is 0 Å². The Morgan fingerprint density at radius 1 is 1.35 bits per heavy atom. The third kappa shape index (κ3) is 3.38. The van der Waals surface area contributed by atoms with Gasteiger partial charge in [-0.2, -0.15) is 0 Å². The van der Waals surface area contributed by atoms with E-state index in [0.29, 0.717) is 12.2 Å². The molecule has 1 atom stereocenters. The molecule has 1 aliphatic rings. The average molecular weight is 232 g/mol. The van der Waals surface area contributed by atoms with Crippen LogP contribution in [0.5, 0.6) is 0 Å². The molecule has 4 heteroatoms. The fraction of sp³-hybridized carbons (Fsp3) is 0.154. The van der Waals surface area contributed by atoms with Gasteiger partial charge < -0.3 is 14.6 Å². The standard InChI is InChI=1S/C13H12O4/c14-12(15)7-6-11-9-16-13(17-11)8-10-4-2-1-3-5-10/h1-7,9,13H,8H2,(H,14,15)/b7-6+. The van der Waals surface area contributed by atoms with Crippen molar-refractivity contribution in [3.8, 4) is 0 Å². The van der Waals surface area contributed by atoms with Gasteiger partial charge in [0.25, 0.3) is 0 Å². The molecular weight excluding hydrogens is 220 g/mol. The molecule has 0 saturated heterocycles. The van der Waals surface area contributed by atoms with Crippen molar-refractivity contribution in [2.75, 3.05) is 0 Å². The number of carboxylic acid groups (broad SMARTS) is 1. The molecule has 4 nitrogen and oxygen atoms in total. The van der Waals surface area contributed by atoms with E-state index in [1.807, 2.05) is 30.3 Å². The van der Waals surface area contributed by atoms with Gasteiger partial charge in [-0.15, -0.1) is 0 Å². The Hall–Kier alpha value is -2.23. The normalized spacial score (nSPS) is 18.6. The van der Waals surface area contributed by atoms with Crippen molar-refractivity contribution in [3.05, 3.63) is 60.1 Å².